The minimum atomic E-state index is 0.754. The number of nitrogens with zero attached hydrogens (tertiary/aromatic N) is 1. The maximum absolute atomic E-state index is 5.64. The van der Waals surface area contributed by atoms with Crippen molar-refractivity contribution in [2.45, 2.75) is 19.3 Å². The lowest BCUT2D eigenvalue weighted by Crippen LogP contribution is -1.99. The largest absolute Gasteiger partial charge is 0.354 e. The quantitative estimate of drug-likeness (QED) is 0.508. The number of hydrogen-bond donors (Lipinski definition) is 2. The Labute approximate surface area is 138 Å². The van der Waals surface area contributed by atoms with Gasteiger partial charge in [-0.15, -0.1) is 0 Å². The molecule has 0 saturated carbocycles. The van der Waals surface area contributed by atoms with Gasteiger partial charge in [-0.05, 0) is 84.3 Å². The summed E-state index contributed by atoms with van der Waals surface area (Å²) in [6, 6.07) is 10.7. The van der Waals surface area contributed by atoms with E-state index in [0.717, 1.165) is 25.8 Å². The van der Waals surface area contributed by atoms with Gasteiger partial charge in [-0.2, -0.15) is 0 Å². The Hall–Kier alpha value is -1.40. The molecule has 0 spiro atoms. The summed E-state index contributed by atoms with van der Waals surface area (Å²) in [6.45, 7) is 0.754. The first-order valence-electron chi connectivity index (χ1n) is 7.20. The van der Waals surface area contributed by atoms with E-state index in [-0.39, 0.29) is 0 Å². The molecule has 0 bridgehead atoms. The van der Waals surface area contributed by atoms with Crippen molar-refractivity contribution in [2.75, 3.05) is 6.54 Å². The number of benzene rings is 1. The second-order valence-corrected chi connectivity index (χ2v) is 6.40. The van der Waals surface area contributed by atoms with Crippen molar-refractivity contribution in [1.29, 1.82) is 0 Å². The summed E-state index contributed by atoms with van der Waals surface area (Å²) in [4.78, 5) is 7.68. The third kappa shape index (κ3) is 3.11. The molecule has 108 valence electrons. The van der Waals surface area contributed by atoms with E-state index in [2.05, 4.69) is 62.9 Å². The second kappa shape index (κ2) is 6.58. The normalized spacial score (nSPS) is 11.1. The molecule has 3 nitrogen and oxygen atoms in total. The molecule has 1 aromatic carbocycles. The van der Waals surface area contributed by atoms with Crippen molar-refractivity contribution in [3.05, 3.63) is 51.9 Å². The molecule has 0 aliphatic rings. The van der Waals surface area contributed by atoms with Crippen LogP contribution in [0.5, 0.6) is 0 Å². The van der Waals surface area contributed by atoms with Crippen molar-refractivity contribution in [2.24, 2.45) is 5.73 Å². The summed E-state index contributed by atoms with van der Waals surface area (Å²) >= 11 is 2.37. The molecule has 4 heteroatoms. The van der Waals surface area contributed by atoms with E-state index in [0.29, 0.717) is 0 Å². The van der Waals surface area contributed by atoms with Crippen molar-refractivity contribution >= 4 is 33.5 Å². The van der Waals surface area contributed by atoms with E-state index >= 15 is 0 Å². The van der Waals surface area contributed by atoms with Crippen LogP contribution in [0.4, 0.5) is 0 Å². The first kappa shape index (κ1) is 14.5. The number of fused-ring (bicyclic) bond motifs is 1. The topological polar surface area (TPSA) is 54.7 Å². The van der Waals surface area contributed by atoms with E-state index in [1.54, 1.807) is 0 Å². The average Bonchev–Trinajstić information content (AvgIpc) is 2.87. The molecular formula is C17H18IN3. The Balaban J connectivity index is 2.11. The van der Waals surface area contributed by atoms with Crippen LogP contribution in [0.3, 0.4) is 0 Å². The first-order chi connectivity index (χ1) is 10.3. The number of pyridine rings is 1. The van der Waals surface area contributed by atoms with Crippen LogP contribution in [0.2, 0.25) is 0 Å². The highest BCUT2D eigenvalue weighted by molar-refractivity contribution is 14.1. The van der Waals surface area contributed by atoms with Gasteiger partial charge in [-0.1, -0.05) is 0 Å². The van der Waals surface area contributed by atoms with Gasteiger partial charge in [0.05, 0.1) is 0 Å². The van der Waals surface area contributed by atoms with Gasteiger partial charge in [0.15, 0.2) is 0 Å². The first-order valence-corrected chi connectivity index (χ1v) is 8.28. The molecule has 2 heterocycles. The Bertz CT molecular complexity index is 734. The zero-order valence-electron chi connectivity index (χ0n) is 11.8. The van der Waals surface area contributed by atoms with E-state index < -0.39 is 0 Å². The molecular weight excluding hydrogens is 373 g/mol. The van der Waals surface area contributed by atoms with Gasteiger partial charge in [0.2, 0.25) is 0 Å². The van der Waals surface area contributed by atoms with Gasteiger partial charge < -0.3 is 10.7 Å². The third-order valence-electron chi connectivity index (χ3n) is 3.72. The maximum atomic E-state index is 5.64. The lowest BCUT2D eigenvalue weighted by atomic mass is 10.0. The lowest BCUT2D eigenvalue weighted by molar-refractivity contribution is 0.748. The fourth-order valence-corrected chi connectivity index (χ4v) is 3.18. The van der Waals surface area contributed by atoms with Crippen molar-refractivity contribution in [1.82, 2.24) is 9.97 Å². The zero-order valence-corrected chi connectivity index (χ0v) is 13.9. The van der Waals surface area contributed by atoms with E-state index in [1.807, 2.05) is 12.4 Å². The number of halogens is 1. The Morgan fingerprint density at radius 3 is 2.67 bits per heavy atom. The van der Waals surface area contributed by atoms with Crippen molar-refractivity contribution in [3.8, 4) is 11.3 Å². The SMILES string of the molecule is NCCCCc1c(-c2ccncc2)[nH]c2ccc(I)cc12. The summed E-state index contributed by atoms with van der Waals surface area (Å²) < 4.78 is 1.26. The minimum absolute atomic E-state index is 0.754. The van der Waals surface area contributed by atoms with Gasteiger partial charge in [0.25, 0.3) is 0 Å². The van der Waals surface area contributed by atoms with Crippen molar-refractivity contribution < 1.29 is 0 Å². The van der Waals surface area contributed by atoms with Crippen molar-refractivity contribution in [3.63, 3.8) is 0 Å². The molecule has 21 heavy (non-hydrogen) atoms. The Morgan fingerprint density at radius 2 is 1.90 bits per heavy atom. The van der Waals surface area contributed by atoms with E-state index in [1.165, 1.54) is 31.3 Å². The molecule has 3 aromatic rings. The minimum Gasteiger partial charge on any atom is -0.354 e. The third-order valence-corrected chi connectivity index (χ3v) is 4.39. The number of hydrogen-bond acceptors (Lipinski definition) is 2. The predicted octanol–water partition coefficient (Wildman–Crippen LogP) is 4.12. The predicted molar refractivity (Wildman–Crippen MR) is 96.2 cm³/mol. The second-order valence-electron chi connectivity index (χ2n) is 5.15. The van der Waals surface area contributed by atoms with Gasteiger partial charge in [0, 0.05) is 38.1 Å². The number of aryl methyl sites for hydroxylation is 1. The standard InChI is InChI=1S/C17H18IN3/c18-13-4-5-16-15(11-13)14(3-1-2-8-19)17(21-16)12-6-9-20-10-7-12/h4-7,9-11,21H,1-3,8,19H2. The Kier molecular flexibility index (Phi) is 4.55. The number of rotatable bonds is 5. The van der Waals surface area contributed by atoms with Crippen LogP contribution in [-0.2, 0) is 6.42 Å². The number of aromatic nitrogens is 2. The number of nitrogens with one attached hydrogen (secondary N) is 1. The average molecular weight is 391 g/mol. The molecule has 0 aliphatic carbocycles. The molecule has 0 radical (unpaired) electrons. The summed E-state index contributed by atoms with van der Waals surface area (Å²) in [5.74, 6) is 0. The number of H-pyrrole nitrogens is 1. The molecule has 0 unspecified atom stereocenters. The highest BCUT2D eigenvalue weighted by Gasteiger charge is 2.13. The zero-order chi connectivity index (χ0) is 14.7. The highest BCUT2D eigenvalue weighted by Crippen LogP contribution is 2.32. The number of nitrogens with two attached hydrogens (primary N) is 1. The molecule has 0 fully saturated rings. The summed E-state index contributed by atoms with van der Waals surface area (Å²) in [5.41, 5.74) is 10.6. The van der Waals surface area contributed by atoms with Crippen LogP contribution in [0.1, 0.15) is 18.4 Å². The molecule has 3 N–H and O–H groups in total. The molecule has 0 saturated heterocycles. The van der Waals surface area contributed by atoms with Crippen LogP contribution in [0.15, 0.2) is 42.7 Å². The van der Waals surface area contributed by atoms with Crippen LogP contribution < -0.4 is 5.73 Å². The van der Waals surface area contributed by atoms with Crippen LogP contribution in [0.25, 0.3) is 22.2 Å². The maximum Gasteiger partial charge on any atom is 0.0498 e. The van der Waals surface area contributed by atoms with Gasteiger partial charge in [0.1, 0.15) is 0 Å². The smallest absolute Gasteiger partial charge is 0.0498 e. The lowest BCUT2D eigenvalue weighted by Gasteiger charge is -2.05. The summed E-state index contributed by atoms with van der Waals surface area (Å²) in [5, 5.41) is 1.32. The monoisotopic (exact) mass is 391 g/mol. The molecule has 0 atom stereocenters. The molecule has 0 aliphatic heterocycles. The van der Waals surface area contributed by atoms with Crippen LogP contribution >= 0.6 is 22.6 Å². The number of aromatic amines is 1. The van der Waals surface area contributed by atoms with Gasteiger partial charge in [-0.25, -0.2) is 0 Å². The highest BCUT2D eigenvalue weighted by atomic mass is 127. The summed E-state index contributed by atoms with van der Waals surface area (Å²) in [6.07, 6.45) is 6.91. The van der Waals surface area contributed by atoms with Crippen LogP contribution in [0, 0.1) is 3.57 Å². The fourth-order valence-electron chi connectivity index (χ4n) is 2.69. The van der Waals surface area contributed by atoms with Gasteiger partial charge >= 0.3 is 0 Å². The molecule has 3 rings (SSSR count). The summed E-state index contributed by atoms with van der Waals surface area (Å²) in [7, 11) is 0. The van der Waals surface area contributed by atoms with E-state index in [4.69, 9.17) is 5.73 Å². The fraction of sp³-hybridized carbons (Fsp3) is 0.235. The molecule has 0 amide bonds. The van der Waals surface area contributed by atoms with Crippen LogP contribution in [-0.4, -0.2) is 16.5 Å². The number of unbranched alkanes of at least 4 members (excludes halogenated alkanes) is 1. The molecule has 2 aromatic heterocycles. The Morgan fingerprint density at radius 1 is 1.10 bits per heavy atom. The van der Waals surface area contributed by atoms with E-state index in [9.17, 15) is 0 Å². The van der Waals surface area contributed by atoms with Gasteiger partial charge in [-0.3, -0.25) is 4.98 Å².